The van der Waals surface area contributed by atoms with E-state index in [1.54, 1.807) is 0 Å². The van der Waals surface area contributed by atoms with Gasteiger partial charge in [-0.1, -0.05) is 25.9 Å². The molecule has 84 valence electrons. The fourth-order valence-electron chi connectivity index (χ4n) is 1.89. The van der Waals surface area contributed by atoms with E-state index in [1.165, 1.54) is 0 Å². The maximum absolute atomic E-state index is 5.37. The zero-order chi connectivity index (χ0) is 10.9. The van der Waals surface area contributed by atoms with Crippen LogP contribution in [0, 0.1) is 0 Å². The molecule has 0 unspecified atom stereocenters. The SMILES string of the molecule is CC(C)(C)c1oncc1N1CCNCC1. The normalized spacial score (nSPS) is 18.2. The summed E-state index contributed by atoms with van der Waals surface area (Å²) in [6.45, 7) is 10.6. The van der Waals surface area contributed by atoms with Crippen LogP contribution in [-0.4, -0.2) is 31.3 Å². The summed E-state index contributed by atoms with van der Waals surface area (Å²) >= 11 is 0. The minimum atomic E-state index is 0.0245. The molecule has 2 heterocycles. The van der Waals surface area contributed by atoms with Crippen molar-refractivity contribution in [1.29, 1.82) is 0 Å². The lowest BCUT2D eigenvalue weighted by Gasteiger charge is -2.30. The third-order valence-electron chi connectivity index (χ3n) is 2.69. The first kappa shape index (κ1) is 10.5. The number of hydrogen-bond acceptors (Lipinski definition) is 4. The van der Waals surface area contributed by atoms with E-state index in [1.807, 2.05) is 6.20 Å². The number of aromatic nitrogens is 1. The average Bonchev–Trinajstić information content (AvgIpc) is 2.67. The van der Waals surface area contributed by atoms with Crippen LogP contribution in [0.4, 0.5) is 5.69 Å². The van der Waals surface area contributed by atoms with E-state index in [-0.39, 0.29) is 5.41 Å². The lowest BCUT2D eigenvalue weighted by molar-refractivity contribution is 0.329. The Hall–Kier alpha value is -1.03. The molecule has 0 aliphatic carbocycles. The molecule has 1 fully saturated rings. The Morgan fingerprint density at radius 1 is 1.33 bits per heavy atom. The fourth-order valence-corrected chi connectivity index (χ4v) is 1.89. The van der Waals surface area contributed by atoms with Gasteiger partial charge in [0.1, 0.15) is 5.69 Å². The molecule has 0 amide bonds. The van der Waals surface area contributed by atoms with Crippen molar-refractivity contribution >= 4 is 5.69 Å². The van der Waals surface area contributed by atoms with Crippen molar-refractivity contribution < 1.29 is 4.52 Å². The van der Waals surface area contributed by atoms with E-state index in [4.69, 9.17) is 4.52 Å². The number of nitrogens with zero attached hydrogens (tertiary/aromatic N) is 2. The minimum absolute atomic E-state index is 0.0245. The predicted octanol–water partition coefficient (Wildman–Crippen LogP) is 1.38. The molecule has 0 spiro atoms. The highest BCUT2D eigenvalue weighted by Gasteiger charge is 2.26. The molecule has 0 aromatic carbocycles. The molecule has 0 radical (unpaired) electrons. The molecule has 2 rings (SSSR count). The minimum Gasteiger partial charge on any atom is -0.365 e. The van der Waals surface area contributed by atoms with Gasteiger partial charge in [0, 0.05) is 31.6 Å². The topological polar surface area (TPSA) is 41.3 Å². The van der Waals surface area contributed by atoms with Crippen molar-refractivity contribution in [3.05, 3.63) is 12.0 Å². The molecule has 1 saturated heterocycles. The molecule has 1 aliphatic heterocycles. The first-order chi connectivity index (χ1) is 7.09. The average molecular weight is 209 g/mol. The molecule has 1 aromatic rings. The molecular formula is C11H19N3O. The second-order valence-electron chi connectivity index (χ2n) is 5.03. The zero-order valence-corrected chi connectivity index (χ0v) is 9.71. The Bertz CT molecular complexity index is 321. The predicted molar refractivity (Wildman–Crippen MR) is 60.3 cm³/mol. The molecule has 0 saturated carbocycles. The van der Waals surface area contributed by atoms with Gasteiger partial charge < -0.3 is 14.7 Å². The molecule has 4 nitrogen and oxygen atoms in total. The standard InChI is InChI=1S/C11H19N3O/c1-11(2,3)10-9(8-13-15-10)14-6-4-12-5-7-14/h8,12H,4-7H2,1-3H3. The van der Waals surface area contributed by atoms with Crippen molar-refractivity contribution in [3.8, 4) is 0 Å². The summed E-state index contributed by atoms with van der Waals surface area (Å²) in [5, 5.41) is 7.27. The van der Waals surface area contributed by atoms with Crippen molar-refractivity contribution in [3.63, 3.8) is 0 Å². The summed E-state index contributed by atoms with van der Waals surface area (Å²) in [5.41, 5.74) is 1.18. The highest BCUT2D eigenvalue weighted by atomic mass is 16.5. The van der Waals surface area contributed by atoms with Crippen molar-refractivity contribution in [1.82, 2.24) is 10.5 Å². The molecule has 15 heavy (non-hydrogen) atoms. The number of nitrogens with one attached hydrogen (secondary N) is 1. The Balaban J connectivity index is 2.24. The van der Waals surface area contributed by atoms with E-state index in [2.05, 4.69) is 36.1 Å². The molecular weight excluding hydrogens is 190 g/mol. The van der Waals surface area contributed by atoms with Crippen LogP contribution in [0.25, 0.3) is 0 Å². The molecule has 1 aromatic heterocycles. The Labute approximate surface area is 90.6 Å². The smallest absolute Gasteiger partial charge is 0.165 e. The maximum atomic E-state index is 5.37. The second-order valence-corrected chi connectivity index (χ2v) is 5.03. The third-order valence-corrected chi connectivity index (χ3v) is 2.69. The van der Waals surface area contributed by atoms with Crippen molar-refractivity contribution in [2.75, 3.05) is 31.1 Å². The van der Waals surface area contributed by atoms with Crippen LogP contribution in [0.15, 0.2) is 10.7 Å². The fraction of sp³-hybridized carbons (Fsp3) is 0.727. The summed E-state index contributed by atoms with van der Waals surface area (Å²) in [5.74, 6) is 0.990. The van der Waals surface area contributed by atoms with E-state index >= 15 is 0 Å². The highest BCUT2D eigenvalue weighted by molar-refractivity contribution is 5.50. The summed E-state index contributed by atoms with van der Waals surface area (Å²) in [7, 11) is 0. The van der Waals surface area contributed by atoms with E-state index in [0.29, 0.717) is 0 Å². The Morgan fingerprint density at radius 3 is 2.60 bits per heavy atom. The zero-order valence-electron chi connectivity index (χ0n) is 9.71. The van der Waals surface area contributed by atoms with E-state index < -0.39 is 0 Å². The quantitative estimate of drug-likeness (QED) is 0.758. The molecule has 1 aliphatic rings. The number of piperazine rings is 1. The second kappa shape index (κ2) is 3.85. The van der Waals surface area contributed by atoms with Crippen molar-refractivity contribution in [2.45, 2.75) is 26.2 Å². The molecule has 0 bridgehead atoms. The van der Waals surface area contributed by atoms with Gasteiger partial charge in [0.2, 0.25) is 0 Å². The summed E-state index contributed by atoms with van der Waals surface area (Å²) in [6, 6.07) is 0. The third kappa shape index (κ3) is 2.15. The number of hydrogen-bond donors (Lipinski definition) is 1. The number of anilines is 1. The Morgan fingerprint density at radius 2 is 2.00 bits per heavy atom. The van der Waals surface area contributed by atoms with Gasteiger partial charge in [-0.3, -0.25) is 0 Å². The molecule has 0 atom stereocenters. The maximum Gasteiger partial charge on any atom is 0.165 e. The lowest BCUT2D eigenvalue weighted by Crippen LogP contribution is -2.44. The summed E-state index contributed by atoms with van der Waals surface area (Å²) < 4.78 is 5.37. The summed E-state index contributed by atoms with van der Waals surface area (Å²) in [4.78, 5) is 2.34. The Kier molecular flexibility index (Phi) is 2.69. The van der Waals surface area contributed by atoms with Gasteiger partial charge in [-0.15, -0.1) is 0 Å². The number of rotatable bonds is 1. The molecule has 4 heteroatoms. The van der Waals surface area contributed by atoms with Crippen molar-refractivity contribution in [2.24, 2.45) is 0 Å². The van der Waals surface area contributed by atoms with Crippen LogP contribution in [0.1, 0.15) is 26.5 Å². The first-order valence-corrected chi connectivity index (χ1v) is 5.50. The van der Waals surface area contributed by atoms with Crippen LogP contribution < -0.4 is 10.2 Å². The van der Waals surface area contributed by atoms with Crippen LogP contribution in [0.2, 0.25) is 0 Å². The van der Waals surface area contributed by atoms with Crippen LogP contribution >= 0.6 is 0 Å². The van der Waals surface area contributed by atoms with Gasteiger partial charge in [0.05, 0.1) is 6.20 Å². The molecule has 1 N–H and O–H groups in total. The van der Waals surface area contributed by atoms with Gasteiger partial charge >= 0.3 is 0 Å². The van der Waals surface area contributed by atoms with Crippen LogP contribution in [-0.2, 0) is 5.41 Å². The van der Waals surface area contributed by atoms with Gasteiger partial charge in [-0.05, 0) is 0 Å². The van der Waals surface area contributed by atoms with Gasteiger partial charge in [0.15, 0.2) is 5.76 Å². The first-order valence-electron chi connectivity index (χ1n) is 5.50. The van der Waals surface area contributed by atoms with Gasteiger partial charge in [0.25, 0.3) is 0 Å². The lowest BCUT2D eigenvalue weighted by atomic mass is 9.92. The highest BCUT2D eigenvalue weighted by Crippen LogP contribution is 2.31. The van der Waals surface area contributed by atoms with Gasteiger partial charge in [-0.25, -0.2) is 0 Å². The van der Waals surface area contributed by atoms with E-state index in [0.717, 1.165) is 37.6 Å². The van der Waals surface area contributed by atoms with Gasteiger partial charge in [-0.2, -0.15) is 0 Å². The largest absolute Gasteiger partial charge is 0.365 e. The summed E-state index contributed by atoms with van der Waals surface area (Å²) in [6.07, 6.45) is 1.84. The van der Waals surface area contributed by atoms with Crippen LogP contribution in [0.3, 0.4) is 0 Å². The van der Waals surface area contributed by atoms with E-state index in [9.17, 15) is 0 Å². The monoisotopic (exact) mass is 209 g/mol. The van der Waals surface area contributed by atoms with Crippen LogP contribution in [0.5, 0.6) is 0 Å².